The monoisotopic (exact) mass is 338 g/mol. The van der Waals surface area contributed by atoms with Gasteiger partial charge in [-0.2, -0.15) is 0 Å². The van der Waals surface area contributed by atoms with Gasteiger partial charge in [-0.15, -0.1) is 0 Å². The van der Waals surface area contributed by atoms with Gasteiger partial charge in [-0.05, 0) is 30.7 Å². The van der Waals surface area contributed by atoms with E-state index in [-0.39, 0.29) is 23.9 Å². The second-order valence-electron chi connectivity index (χ2n) is 6.18. The molecule has 1 fully saturated rings. The van der Waals surface area contributed by atoms with E-state index in [1.54, 1.807) is 18.2 Å². The Kier molecular flexibility index (Phi) is 5.00. The van der Waals surface area contributed by atoms with Gasteiger partial charge in [0.15, 0.2) is 0 Å². The Morgan fingerprint density at radius 1 is 1.28 bits per heavy atom. The summed E-state index contributed by atoms with van der Waals surface area (Å²) in [5, 5.41) is 13.6. The lowest BCUT2D eigenvalue weighted by Crippen LogP contribution is -2.35. The average molecular weight is 338 g/mol. The van der Waals surface area contributed by atoms with Gasteiger partial charge in [0.2, 0.25) is 5.91 Å². The maximum atomic E-state index is 12.4. The second-order valence-corrected chi connectivity index (χ2v) is 6.18. The van der Waals surface area contributed by atoms with Crippen LogP contribution in [0.15, 0.2) is 48.5 Å². The predicted octanol–water partition coefficient (Wildman–Crippen LogP) is 2.03. The molecule has 0 unspecified atom stereocenters. The molecule has 1 heterocycles. The molecule has 0 radical (unpaired) electrons. The highest BCUT2D eigenvalue weighted by atomic mass is 16.5. The van der Waals surface area contributed by atoms with Crippen molar-refractivity contribution in [1.82, 2.24) is 5.32 Å². The van der Waals surface area contributed by atoms with E-state index in [2.05, 4.69) is 10.6 Å². The Morgan fingerprint density at radius 2 is 2.08 bits per heavy atom. The third-order valence-corrected chi connectivity index (χ3v) is 4.26. The van der Waals surface area contributed by atoms with Crippen LogP contribution >= 0.6 is 0 Å². The van der Waals surface area contributed by atoms with Crippen molar-refractivity contribution >= 4 is 17.4 Å². The Labute approximate surface area is 146 Å². The summed E-state index contributed by atoms with van der Waals surface area (Å²) in [4.78, 5) is 12.4. The van der Waals surface area contributed by atoms with Gasteiger partial charge < -0.3 is 21.1 Å². The van der Waals surface area contributed by atoms with Gasteiger partial charge >= 0.3 is 0 Å². The van der Waals surface area contributed by atoms with Crippen LogP contribution in [0.2, 0.25) is 0 Å². The molecule has 6 nitrogen and oxygen atoms in total. The van der Waals surface area contributed by atoms with Crippen molar-refractivity contribution in [2.24, 2.45) is 5.73 Å². The number of carbonyl (C=O) groups excluding carboxylic acids is 1. The highest BCUT2D eigenvalue weighted by molar-refractivity contribution is 5.96. The summed E-state index contributed by atoms with van der Waals surface area (Å²) >= 11 is 0. The molecule has 0 bridgehead atoms. The van der Waals surface area contributed by atoms with Crippen LogP contribution in [0, 0.1) is 12.3 Å². The molecule has 1 aliphatic rings. The number of nitrogens with two attached hydrogens (primary N) is 1. The normalized spacial score (nSPS) is 19.4. The van der Waals surface area contributed by atoms with Crippen LogP contribution in [-0.4, -0.2) is 30.4 Å². The number of hydrogen-bond acceptors (Lipinski definition) is 4. The Balaban J connectivity index is 1.58. The molecule has 0 spiro atoms. The van der Waals surface area contributed by atoms with E-state index in [0.717, 1.165) is 11.3 Å². The highest BCUT2D eigenvalue weighted by Crippen LogP contribution is 2.20. The van der Waals surface area contributed by atoms with Crippen molar-refractivity contribution < 1.29 is 9.53 Å². The van der Waals surface area contributed by atoms with Crippen LogP contribution in [0.25, 0.3) is 0 Å². The number of benzene rings is 2. The third-order valence-electron chi connectivity index (χ3n) is 4.26. The molecule has 5 N–H and O–H groups in total. The number of carbonyl (C=O) groups is 1. The quantitative estimate of drug-likeness (QED) is 0.495. The summed E-state index contributed by atoms with van der Waals surface area (Å²) in [6, 6.07) is 14.5. The molecular formula is C19H22N4O2. The zero-order valence-electron chi connectivity index (χ0n) is 14.1. The fourth-order valence-corrected chi connectivity index (χ4v) is 2.86. The van der Waals surface area contributed by atoms with Crippen LogP contribution in [-0.2, 0) is 4.79 Å². The molecule has 2 aromatic rings. The maximum Gasteiger partial charge on any atom is 0.241 e. The predicted molar refractivity (Wildman–Crippen MR) is 98.1 cm³/mol. The van der Waals surface area contributed by atoms with Crippen LogP contribution in [0.5, 0.6) is 5.75 Å². The molecule has 3 rings (SSSR count). The van der Waals surface area contributed by atoms with Gasteiger partial charge in [0.25, 0.3) is 0 Å². The van der Waals surface area contributed by atoms with E-state index < -0.39 is 0 Å². The van der Waals surface area contributed by atoms with Gasteiger partial charge in [0.1, 0.15) is 17.7 Å². The fraction of sp³-hybridized carbons (Fsp3) is 0.263. The lowest BCUT2D eigenvalue weighted by molar-refractivity contribution is -0.117. The summed E-state index contributed by atoms with van der Waals surface area (Å²) in [6.07, 6.45) is 0.483. The van der Waals surface area contributed by atoms with Crippen molar-refractivity contribution in [2.45, 2.75) is 25.5 Å². The van der Waals surface area contributed by atoms with E-state index in [0.29, 0.717) is 24.3 Å². The Bertz CT molecular complexity index is 790. The van der Waals surface area contributed by atoms with E-state index in [1.807, 2.05) is 37.3 Å². The molecule has 130 valence electrons. The molecule has 2 atom stereocenters. The van der Waals surface area contributed by atoms with Crippen LogP contribution in [0.3, 0.4) is 0 Å². The maximum absolute atomic E-state index is 12.4. The van der Waals surface area contributed by atoms with Gasteiger partial charge in [-0.25, -0.2) is 0 Å². The summed E-state index contributed by atoms with van der Waals surface area (Å²) in [6.45, 7) is 2.56. The molecular weight excluding hydrogens is 316 g/mol. The van der Waals surface area contributed by atoms with Crippen LogP contribution in [0.4, 0.5) is 5.69 Å². The number of para-hydroxylation sites is 1. The molecule has 0 saturated carbocycles. The molecule has 1 aliphatic heterocycles. The van der Waals surface area contributed by atoms with Gasteiger partial charge in [-0.1, -0.05) is 30.3 Å². The van der Waals surface area contributed by atoms with Crippen molar-refractivity contribution in [3.8, 4) is 5.75 Å². The molecule has 2 aromatic carbocycles. The first-order valence-electron chi connectivity index (χ1n) is 8.24. The first-order valence-corrected chi connectivity index (χ1v) is 8.24. The first-order chi connectivity index (χ1) is 12.0. The van der Waals surface area contributed by atoms with E-state index in [9.17, 15) is 4.79 Å². The number of nitrogens with one attached hydrogen (secondary N) is 3. The van der Waals surface area contributed by atoms with Crippen LogP contribution in [0.1, 0.15) is 17.5 Å². The molecule has 1 saturated heterocycles. The van der Waals surface area contributed by atoms with Crippen LogP contribution < -0.4 is 21.1 Å². The van der Waals surface area contributed by atoms with E-state index >= 15 is 0 Å². The molecule has 1 amide bonds. The lowest BCUT2D eigenvalue weighted by Gasteiger charge is -2.14. The minimum absolute atomic E-state index is 0.00508. The fourth-order valence-electron chi connectivity index (χ4n) is 2.86. The molecule has 0 aromatic heterocycles. The number of amides is 1. The van der Waals surface area contributed by atoms with Gasteiger partial charge in [0.05, 0.1) is 6.04 Å². The summed E-state index contributed by atoms with van der Waals surface area (Å²) < 4.78 is 5.93. The van der Waals surface area contributed by atoms with Crippen molar-refractivity contribution in [3.05, 3.63) is 59.7 Å². The molecule has 0 aliphatic carbocycles. The Hall–Kier alpha value is -2.86. The largest absolute Gasteiger partial charge is 0.489 e. The minimum Gasteiger partial charge on any atom is -0.489 e. The van der Waals surface area contributed by atoms with E-state index in [4.69, 9.17) is 15.9 Å². The summed E-state index contributed by atoms with van der Waals surface area (Å²) in [7, 11) is 0. The second kappa shape index (κ2) is 7.36. The van der Waals surface area contributed by atoms with Gasteiger partial charge in [-0.3, -0.25) is 10.2 Å². The van der Waals surface area contributed by atoms with E-state index in [1.165, 1.54) is 0 Å². The van der Waals surface area contributed by atoms with Crippen molar-refractivity contribution in [3.63, 3.8) is 0 Å². The number of nitrogen functional groups attached to an aromatic ring is 1. The number of anilines is 1. The smallest absolute Gasteiger partial charge is 0.241 e. The Morgan fingerprint density at radius 3 is 2.84 bits per heavy atom. The zero-order chi connectivity index (χ0) is 17.8. The number of amidine groups is 1. The average Bonchev–Trinajstić information content (AvgIpc) is 3.06. The SMILES string of the molecule is Cc1ccccc1NC(=O)[C@@H]1C[C@@H](Oc2cccc(C(=N)N)c2)CN1. The summed E-state index contributed by atoms with van der Waals surface area (Å²) in [5.41, 5.74) is 7.98. The topological polar surface area (TPSA) is 100 Å². The van der Waals surface area contributed by atoms with Crippen molar-refractivity contribution in [2.75, 3.05) is 11.9 Å². The highest BCUT2D eigenvalue weighted by Gasteiger charge is 2.31. The zero-order valence-corrected chi connectivity index (χ0v) is 14.1. The number of aryl methyl sites for hydroxylation is 1. The number of ether oxygens (including phenoxy) is 1. The molecule has 6 heteroatoms. The third kappa shape index (κ3) is 4.16. The standard InChI is InChI=1S/C19H22N4O2/c1-12-5-2-3-8-16(12)23-19(24)17-10-15(11-22-17)25-14-7-4-6-13(9-14)18(20)21/h2-9,15,17,22H,10-11H2,1H3,(H3,20,21)(H,23,24)/t15-,17+/m1/s1. The molecule has 25 heavy (non-hydrogen) atoms. The first kappa shape index (κ1) is 17.0. The van der Waals surface area contributed by atoms with Gasteiger partial charge in [0, 0.05) is 24.2 Å². The summed E-state index contributed by atoms with van der Waals surface area (Å²) in [5.74, 6) is 0.600. The number of hydrogen-bond donors (Lipinski definition) is 4. The lowest BCUT2D eigenvalue weighted by atomic mass is 10.1. The number of rotatable bonds is 5. The van der Waals surface area contributed by atoms with Crippen molar-refractivity contribution in [1.29, 1.82) is 5.41 Å². The minimum atomic E-state index is -0.291.